The van der Waals surface area contributed by atoms with Crippen molar-refractivity contribution in [3.8, 4) is 0 Å². The molecule has 2 fully saturated rings. The molecule has 2 aliphatic rings. The molecule has 1 heterocycles. The molecule has 4 nitrogen and oxygen atoms in total. The van der Waals surface area contributed by atoms with Crippen molar-refractivity contribution in [2.24, 2.45) is 11.3 Å². The van der Waals surface area contributed by atoms with E-state index in [0.29, 0.717) is 19.6 Å². The normalized spacial score (nSPS) is 29.8. The smallest absolute Gasteiger partial charge is 0.322 e. The molecule has 2 rings (SSSR count). The summed E-state index contributed by atoms with van der Waals surface area (Å²) in [5, 5.41) is 0. The van der Waals surface area contributed by atoms with Crippen molar-refractivity contribution in [1.29, 1.82) is 0 Å². The molecule has 19 heavy (non-hydrogen) atoms. The molecule has 1 aliphatic heterocycles. The van der Waals surface area contributed by atoms with Crippen LogP contribution in [-0.2, 0) is 19.1 Å². The van der Waals surface area contributed by atoms with E-state index in [1.54, 1.807) is 6.92 Å². The van der Waals surface area contributed by atoms with Crippen LogP contribution in [0, 0.1) is 11.3 Å². The first-order valence-corrected chi connectivity index (χ1v) is 7.50. The Morgan fingerprint density at radius 1 is 1.32 bits per heavy atom. The third-order valence-corrected chi connectivity index (χ3v) is 4.49. The topological polar surface area (TPSA) is 52.6 Å². The molecule has 0 aromatic rings. The minimum absolute atomic E-state index is 0.0316. The lowest BCUT2D eigenvalue weighted by Crippen LogP contribution is -2.53. The van der Waals surface area contributed by atoms with E-state index >= 15 is 0 Å². The quantitative estimate of drug-likeness (QED) is 0.448. The summed E-state index contributed by atoms with van der Waals surface area (Å²) in [5.41, 5.74) is -1.02. The van der Waals surface area contributed by atoms with Crippen molar-refractivity contribution >= 4 is 11.8 Å². The van der Waals surface area contributed by atoms with Gasteiger partial charge in [0.2, 0.25) is 0 Å². The molecular formula is C15H24O4. The van der Waals surface area contributed by atoms with Crippen molar-refractivity contribution in [1.82, 2.24) is 0 Å². The van der Waals surface area contributed by atoms with Crippen molar-refractivity contribution in [3.63, 3.8) is 0 Å². The maximum absolute atomic E-state index is 12.5. The largest absolute Gasteiger partial charge is 0.465 e. The number of ether oxygens (including phenoxy) is 2. The molecule has 1 saturated heterocycles. The molecule has 0 aromatic carbocycles. The van der Waals surface area contributed by atoms with Crippen LogP contribution in [-0.4, -0.2) is 31.6 Å². The second-order valence-electron chi connectivity index (χ2n) is 5.61. The minimum atomic E-state index is -1.02. The van der Waals surface area contributed by atoms with E-state index < -0.39 is 5.41 Å². The SMILES string of the molecule is CCOC(=O)C1(C2CCCCCC2)COCCC1=O. The van der Waals surface area contributed by atoms with Crippen LogP contribution in [0.3, 0.4) is 0 Å². The molecule has 0 spiro atoms. The Morgan fingerprint density at radius 3 is 2.58 bits per heavy atom. The number of ketones is 1. The average Bonchev–Trinajstić information content (AvgIpc) is 2.69. The molecule has 4 heteroatoms. The van der Waals surface area contributed by atoms with Crippen molar-refractivity contribution in [2.45, 2.75) is 51.9 Å². The zero-order valence-electron chi connectivity index (χ0n) is 11.8. The van der Waals surface area contributed by atoms with E-state index in [9.17, 15) is 9.59 Å². The lowest BCUT2D eigenvalue weighted by atomic mass is 9.67. The van der Waals surface area contributed by atoms with Crippen LogP contribution < -0.4 is 0 Å². The molecule has 0 bridgehead atoms. The molecule has 1 saturated carbocycles. The van der Waals surface area contributed by atoms with Gasteiger partial charge in [-0.3, -0.25) is 9.59 Å². The fourth-order valence-corrected chi connectivity index (χ4v) is 3.42. The van der Waals surface area contributed by atoms with Crippen molar-refractivity contribution in [3.05, 3.63) is 0 Å². The predicted molar refractivity (Wildman–Crippen MR) is 70.7 cm³/mol. The Bertz CT molecular complexity index is 331. The Labute approximate surface area is 114 Å². The van der Waals surface area contributed by atoms with Crippen LogP contribution >= 0.6 is 0 Å². The Balaban J connectivity index is 2.26. The summed E-state index contributed by atoms with van der Waals surface area (Å²) in [5.74, 6) is -0.224. The Kier molecular flexibility index (Phi) is 4.97. The first-order chi connectivity index (χ1) is 9.21. The number of carbonyl (C=O) groups is 2. The van der Waals surface area contributed by atoms with Crippen LogP contribution in [0.15, 0.2) is 0 Å². The highest BCUT2D eigenvalue weighted by atomic mass is 16.5. The lowest BCUT2D eigenvalue weighted by molar-refractivity contribution is -0.175. The number of carbonyl (C=O) groups excluding carboxylic acids is 2. The average molecular weight is 268 g/mol. The monoisotopic (exact) mass is 268 g/mol. The van der Waals surface area contributed by atoms with E-state index in [0.717, 1.165) is 25.7 Å². The van der Waals surface area contributed by atoms with Gasteiger partial charge in [-0.2, -0.15) is 0 Å². The van der Waals surface area contributed by atoms with E-state index in [4.69, 9.17) is 9.47 Å². The highest BCUT2D eigenvalue weighted by molar-refractivity contribution is 6.04. The van der Waals surface area contributed by atoms with Gasteiger partial charge in [0.25, 0.3) is 0 Å². The van der Waals surface area contributed by atoms with Gasteiger partial charge in [0.1, 0.15) is 0 Å². The van der Waals surface area contributed by atoms with Gasteiger partial charge in [0.15, 0.2) is 11.2 Å². The zero-order valence-corrected chi connectivity index (χ0v) is 11.8. The minimum Gasteiger partial charge on any atom is -0.465 e. The fraction of sp³-hybridized carbons (Fsp3) is 0.867. The van der Waals surface area contributed by atoms with Gasteiger partial charge < -0.3 is 9.47 Å². The molecular weight excluding hydrogens is 244 g/mol. The third-order valence-electron chi connectivity index (χ3n) is 4.49. The first kappa shape index (κ1) is 14.5. The third kappa shape index (κ3) is 2.83. The molecule has 0 radical (unpaired) electrons. The van der Waals surface area contributed by atoms with E-state index in [-0.39, 0.29) is 24.3 Å². The van der Waals surface area contributed by atoms with Crippen LogP contribution in [0.25, 0.3) is 0 Å². The maximum atomic E-state index is 12.5. The second-order valence-corrected chi connectivity index (χ2v) is 5.61. The molecule has 0 amide bonds. The van der Waals surface area contributed by atoms with Crippen molar-refractivity contribution < 1.29 is 19.1 Å². The fourth-order valence-electron chi connectivity index (χ4n) is 3.42. The number of rotatable bonds is 3. The summed E-state index contributed by atoms with van der Waals surface area (Å²) >= 11 is 0. The van der Waals surface area contributed by atoms with Gasteiger partial charge in [-0.1, -0.05) is 25.7 Å². The standard InChI is InChI=1S/C15H24O4/c1-2-19-14(17)15(11-18-10-9-13(15)16)12-7-5-3-4-6-8-12/h12H,2-11H2,1H3. The van der Waals surface area contributed by atoms with Gasteiger partial charge >= 0.3 is 5.97 Å². The highest BCUT2D eigenvalue weighted by Gasteiger charge is 2.54. The molecule has 1 aliphatic carbocycles. The summed E-state index contributed by atoms with van der Waals surface area (Å²) < 4.78 is 10.7. The Hall–Kier alpha value is -0.900. The second kappa shape index (κ2) is 6.51. The highest BCUT2D eigenvalue weighted by Crippen LogP contribution is 2.42. The van der Waals surface area contributed by atoms with Crippen LogP contribution in [0.4, 0.5) is 0 Å². The van der Waals surface area contributed by atoms with Crippen LogP contribution in [0.1, 0.15) is 51.9 Å². The summed E-state index contributed by atoms with van der Waals surface area (Å²) in [4.78, 5) is 24.9. The van der Waals surface area contributed by atoms with E-state index in [1.165, 1.54) is 12.8 Å². The lowest BCUT2D eigenvalue weighted by Gasteiger charge is -2.39. The maximum Gasteiger partial charge on any atom is 0.322 e. The van der Waals surface area contributed by atoms with Crippen LogP contribution in [0.5, 0.6) is 0 Å². The molecule has 1 atom stereocenters. The van der Waals surface area contributed by atoms with E-state index in [1.807, 2.05) is 0 Å². The van der Waals surface area contributed by atoms with Crippen molar-refractivity contribution in [2.75, 3.05) is 19.8 Å². The number of hydrogen-bond acceptors (Lipinski definition) is 4. The number of hydrogen-bond donors (Lipinski definition) is 0. The van der Waals surface area contributed by atoms with Crippen LogP contribution in [0.2, 0.25) is 0 Å². The summed E-state index contributed by atoms with van der Waals surface area (Å²) in [6, 6.07) is 0. The predicted octanol–water partition coefficient (Wildman–Crippen LogP) is 2.50. The molecule has 108 valence electrons. The molecule has 0 N–H and O–H groups in total. The molecule has 0 aromatic heterocycles. The van der Waals surface area contributed by atoms with E-state index in [2.05, 4.69) is 0 Å². The van der Waals surface area contributed by atoms with Gasteiger partial charge in [-0.15, -0.1) is 0 Å². The van der Waals surface area contributed by atoms with Gasteiger partial charge in [0.05, 0.1) is 19.8 Å². The molecule has 1 unspecified atom stereocenters. The van der Waals surface area contributed by atoms with Gasteiger partial charge in [0, 0.05) is 6.42 Å². The number of esters is 1. The zero-order chi connectivity index (χ0) is 13.7. The van der Waals surface area contributed by atoms with Gasteiger partial charge in [-0.25, -0.2) is 0 Å². The summed E-state index contributed by atoms with van der Waals surface area (Å²) in [6.45, 7) is 2.76. The Morgan fingerprint density at radius 2 is 2.00 bits per heavy atom. The van der Waals surface area contributed by atoms with Gasteiger partial charge in [-0.05, 0) is 25.7 Å². The summed E-state index contributed by atoms with van der Waals surface area (Å²) in [7, 11) is 0. The summed E-state index contributed by atoms with van der Waals surface area (Å²) in [6.07, 6.45) is 6.81. The number of Topliss-reactive ketones (excluding diaryl/α,β-unsaturated/α-hetero) is 1. The first-order valence-electron chi connectivity index (χ1n) is 7.50.